The van der Waals surface area contributed by atoms with Gasteiger partial charge in [0.05, 0.1) is 67.8 Å². The van der Waals surface area contributed by atoms with Gasteiger partial charge < -0.3 is 9.13 Å². The summed E-state index contributed by atoms with van der Waals surface area (Å²) in [7, 11) is 0. The van der Waals surface area contributed by atoms with E-state index in [1.54, 1.807) is 12.1 Å². The molecular formula is C62H64N4O4. The summed E-state index contributed by atoms with van der Waals surface area (Å²) in [4.78, 5) is 63.3. The van der Waals surface area contributed by atoms with Crippen molar-refractivity contribution in [1.82, 2.24) is 18.9 Å². The lowest BCUT2D eigenvalue weighted by molar-refractivity contribution is 0.0291. The minimum Gasteiger partial charge on any atom is -0.308 e. The predicted octanol–water partition coefficient (Wildman–Crippen LogP) is 14.3. The Morgan fingerprint density at radius 2 is 0.657 bits per heavy atom. The number of nitrogens with zero attached hydrogens (tertiary/aromatic N) is 4. The molecule has 70 heavy (non-hydrogen) atoms. The second kappa shape index (κ2) is 15.3. The topological polar surface area (TPSA) is 84.6 Å². The smallest absolute Gasteiger partial charge is 0.264 e. The molecule has 4 heterocycles. The molecule has 8 nitrogen and oxygen atoms in total. The van der Waals surface area contributed by atoms with Crippen LogP contribution in [0.15, 0.2) is 109 Å². The molecule has 11 rings (SSSR count). The van der Waals surface area contributed by atoms with Gasteiger partial charge in [-0.15, -0.1) is 0 Å². The van der Waals surface area contributed by atoms with E-state index < -0.39 is 35.7 Å². The summed E-state index contributed by atoms with van der Waals surface area (Å²) in [5.74, 6) is -1.58. The van der Waals surface area contributed by atoms with Crippen LogP contribution in [-0.4, -0.2) is 54.6 Å². The number of imide groups is 2. The van der Waals surface area contributed by atoms with Gasteiger partial charge in [-0.2, -0.15) is 0 Å². The van der Waals surface area contributed by atoms with E-state index in [2.05, 4.69) is 165 Å². The lowest BCUT2D eigenvalue weighted by Crippen LogP contribution is -2.56. The molecule has 0 spiro atoms. The number of benzene rings is 6. The predicted molar refractivity (Wildman–Crippen MR) is 283 cm³/mol. The van der Waals surface area contributed by atoms with Crippen molar-refractivity contribution in [2.24, 2.45) is 0 Å². The summed E-state index contributed by atoms with van der Waals surface area (Å²) >= 11 is 0. The number of aromatic nitrogens is 2. The molecule has 6 aromatic carbocycles. The number of hydrogen-bond donors (Lipinski definition) is 0. The fourth-order valence-electron chi connectivity index (χ4n) is 11.7. The molecule has 3 aliphatic rings. The Kier molecular flexibility index (Phi) is 10.0. The van der Waals surface area contributed by atoms with Gasteiger partial charge in [-0.05, 0) is 130 Å². The first-order valence-electron chi connectivity index (χ1n) is 25.2. The fourth-order valence-corrected chi connectivity index (χ4v) is 11.7. The van der Waals surface area contributed by atoms with Crippen LogP contribution >= 0.6 is 0 Å². The van der Waals surface area contributed by atoms with E-state index in [1.165, 1.54) is 32.1 Å². The molecule has 8 heteroatoms. The SMILES string of the molecule is CC(C)(C)c1ccc2c(c1)c1cc(C(C)(C)C)ccc1n2-c1cccc2c1C(=O)N(C1CCCCC1N1C(=O)c3cccc(-n4c5ccc(C(C)(C)C)cc5c5cc(C(C)(C)C)ccc54)c3C1=O)C2=O. The normalized spacial score (nSPS) is 18.1. The highest BCUT2D eigenvalue weighted by atomic mass is 16.2. The quantitative estimate of drug-likeness (QED) is 0.165. The van der Waals surface area contributed by atoms with E-state index in [0.29, 0.717) is 46.5 Å². The molecule has 1 saturated carbocycles. The van der Waals surface area contributed by atoms with Crippen LogP contribution in [0.4, 0.5) is 0 Å². The zero-order chi connectivity index (χ0) is 49.7. The standard InChI is InChI=1S/C62H64N4O4/c1-59(2,3)35-23-27-45-41(31-35)42-32-36(60(4,5)6)24-28-46(42)63(45)51-21-15-17-39-53(51)57(69)65(55(39)67)49-19-13-14-20-50(49)66-56(68)40-18-16-22-52(54(40)58(66)70)64-47-29-25-37(61(7,8)9)33-43(47)44-34-38(62(10,11)12)26-30-48(44)64/h15-18,21-34,49-50H,13-14,19-20H2,1-12H3. The molecule has 0 saturated heterocycles. The zero-order valence-corrected chi connectivity index (χ0v) is 42.8. The minimum atomic E-state index is -0.707. The van der Waals surface area contributed by atoms with Gasteiger partial charge >= 0.3 is 0 Å². The maximum atomic E-state index is 15.3. The molecule has 1 aliphatic carbocycles. The zero-order valence-electron chi connectivity index (χ0n) is 42.8. The number of hydrogen-bond acceptors (Lipinski definition) is 4. The third kappa shape index (κ3) is 6.83. The van der Waals surface area contributed by atoms with Crippen molar-refractivity contribution in [2.75, 3.05) is 0 Å². The van der Waals surface area contributed by atoms with Crippen LogP contribution in [0.25, 0.3) is 55.0 Å². The fraction of sp³-hybridized carbons (Fsp3) is 0.355. The Hall–Kier alpha value is -6.80. The second-order valence-electron chi connectivity index (χ2n) is 24.4. The molecule has 2 aliphatic heterocycles. The van der Waals surface area contributed by atoms with E-state index in [1.807, 2.05) is 24.3 Å². The van der Waals surface area contributed by atoms with Crippen LogP contribution in [0.1, 0.15) is 172 Å². The average molecular weight is 929 g/mol. The molecule has 2 atom stereocenters. The van der Waals surface area contributed by atoms with Gasteiger partial charge in [0, 0.05) is 21.5 Å². The molecule has 2 aromatic heterocycles. The maximum Gasteiger partial charge on any atom is 0.264 e. The highest BCUT2D eigenvalue weighted by Gasteiger charge is 2.51. The van der Waals surface area contributed by atoms with Crippen molar-refractivity contribution in [3.05, 3.63) is 154 Å². The second-order valence-corrected chi connectivity index (χ2v) is 24.4. The average Bonchev–Trinajstić information content (AvgIpc) is 3.98. The molecule has 0 bridgehead atoms. The minimum absolute atomic E-state index is 0.0866. The van der Waals surface area contributed by atoms with Crippen molar-refractivity contribution in [3.8, 4) is 11.4 Å². The molecule has 0 N–H and O–H groups in total. The Morgan fingerprint density at radius 1 is 0.371 bits per heavy atom. The van der Waals surface area contributed by atoms with Crippen LogP contribution in [0.2, 0.25) is 0 Å². The largest absolute Gasteiger partial charge is 0.308 e. The van der Waals surface area contributed by atoms with Crippen LogP contribution in [0.5, 0.6) is 0 Å². The van der Waals surface area contributed by atoms with Crippen molar-refractivity contribution in [1.29, 1.82) is 0 Å². The Morgan fingerprint density at radius 3 is 0.929 bits per heavy atom. The van der Waals surface area contributed by atoms with E-state index in [-0.39, 0.29) is 21.7 Å². The first-order chi connectivity index (χ1) is 32.9. The summed E-state index contributed by atoms with van der Waals surface area (Å²) in [5.41, 5.74) is 10.9. The van der Waals surface area contributed by atoms with Gasteiger partial charge in [0.1, 0.15) is 0 Å². The lowest BCUT2D eigenvalue weighted by Gasteiger charge is -2.40. The maximum absolute atomic E-state index is 15.3. The van der Waals surface area contributed by atoms with E-state index in [0.717, 1.165) is 56.5 Å². The first kappa shape index (κ1) is 45.6. The van der Waals surface area contributed by atoms with Gasteiger partial charge in [0.25, 0.3) is 23.6 Å². The molecule has 0 radical (unpaired) electrons. The molecule has 356 valence electrons. The Balaban J connectivity index is 1.01. The molecular weight excluding hydrogens is 865 g/mol. The number of amides is 4. The Bertz CT molecular complexity index is 3210. The van der Waals surface area contributed by atoms with Crippen LogP contribution in [-0.2, 0) is 21.7 Å². The summed E-state index contributed by atoms with van der Waals surface area (Å²) in [6.45, 7) is 26.6. The summed E-state index contributed by atoms with van der Waals surface area (Å²) in [5, 5.41) is 4.34. The molecule has 2 unspecified atom stereocenters. The van der Waals surface area contributed by atoms with Gasteiger partial charge in [-0.3, -0.25) is 29.0 Å². The van der Waals surface area contributed by atoms with Crippen LogP contribution in [0, 0.1) is 0 Å². The van der Waals surface area contributed by atoms with Crippen molar-refractivity contribution >= 4 is 67.2 Å². The summed E-state index contributed by atoms with van der Waals surface area (Å²) in [6, 6.07) is 36.0. The summed E-state index contributed by atoms with van der Waals surface area (Å²) < 4.78 is 4.28. The van der Waals surface area contributed by atoms with Crippen LogP contribution < -0.4 is 0 Å². The van der Waals surface area contributed by atoms with Gasteiger partial charge in [-0.1, -0.05) is 132 Å². The first-order valence-corrected chi connectivity index (χ1v) is 25.2. The highest BCUT2D eigenvalue weighted by molar-refractivity contribution is 6.26. The van der Waals surface area contributed by atoms with Crippen molar-refractivity contribution < 1.29 is 19.2 Å². The van der Waals surface area contributed by atoms with Crippen molar-refractivity contribution in [2.45, 2.75) is 143 Å². The van der Waals surface area contributed by atoms with Gasteiger partial charge in [0.2, 0.25) is 0 Å². The van der Waals surface area contributed by atoms with E-state index >= 15 is 9.59 Å². The third-order valence-corrected chi connectivity index (χ3v) is 15.7. The number of fused-ring (bicyclic) bond motifs is 8. The van der Waals surface area contributed by atoms with Gasteiger partial charge in [-0.25, -0.2) is 0 Å². The number of carbonyl (C=O) groups is 4. The van der Waals surface area contributed by atoms with E-state index in [4.69, 9.17) is 0 Å². The molecule has 4 amide bonds. The summed E-state index contributed by atoms with van der Waals surface area (Å²) in [6.07, 6.45) is 2.46. The van der Waals surface area contributed by atoms with Crippen molar-refractivity contribution in [3.63, 3.8) is 0 Å². The molecule has 1 fully saturated rings. The van der Waals surface area contributed by atoms with Crippen LogP contribution in [0.3, 0.4) is 0 Å². The Labute approximate surface area is 411 Å². The lowest BCUT2D eigenvalue weighted by atomic mass is 9.85. The number of carbonyl (C=O) groups excluding carboxylic acids is 4. The van der Waals surface area contributed by atoms with E-state index in [9.17, 15) is 9.59 Å². The highest BCUT2D eigenvalue weighted by Crippen LogP contribution is 2.45. The van der Waals surface area contributed by atoms with Gasteiger partial charge in [0.15, 0.2) is 0 Å². The third-order valence-electron chi connectivity index (χ3n) is 15.7. The molecule has 8 aromatic rings. The number of rotatable bonds is 4. The monoisotopic (exact) mass is 928 g/mol.